The number of H-pyrrole nitrogens is 1. The molecule has 2 rings (SSSR count). The second-order valence-corrected chi connectivity index (χ2v) is 3.13. The van der Waals surface area contributed by atoms with Crippen LogP contribution in [0.2, 0.25) is 0 Å². The lowest BCUT2D eigenvalue weighted by molar-refractivity contribution is 0.0691. The molecule has 5 heteroatoms. The first kappa shape index (κ1) is 9.39. The van der Waals surface area contributed by atoms with Crippen molar-refractivity contribution in [3.63, 3.8) is 0 Å². The fourth-order valence-electron chi connectivity index (χ4n) is 1.40. The summed E-state index contributed by atoms with van der Waals surface area (Å²) in [4.78, 5) is 15.0. The van der Waals surface area contributed by atoms with Crippen LogP contribution in [-0.4, -0.2) is 26.3 Å². The Kier molecular flexibility index (Phi) is 2.21. The number of carbonyl (C=O) groups is 1. The molecule has 0 unspecified atom stereocenters. The number of aryl methyl sites for hydroxylation is 1. The third-order valence-corrected chi connectivity index (χ3v) is 2.12. The molecule has 76 valence electrons. The summed E-state index contributed by atoms with van der Waals surface area (Å²) in [5, 5.41) is 15.1. The summed E-state index contributed by atoms with van der Waals surface area (Å²) in [7, 11) is 0. The number of carboxylic acids is 1. The zero-order chi connectivity index (χ0) is 10.8. The molecule has 5 nitrogen and oxygen atoms in total. The van der Waals surface area contributed by atoms with E-state index in [0.29, 0.717) is 11.3 Å². The Hall–Kier alpha value is -2.17. The van der Waals surface area contributed by atoms with Crippen LogP contribution in [0.1, 0.15) is 16.1 Å². The molecule has 0 atom stereocenters. The lowest BCUT2D eigenvalue weighted by Crippen LogP contribution is -2.00. The number of aromatic nitrogens is 3. The van der Waals surface area contributed by atoms with Gasteiger partial charge >= 0.3 is 5.97 Å². The second-order valence-electron chi connectivity index (χ2n) is 3.13. The minimum absolute atomic E-state index is 0.0665. The molecule has 0 fully saturated rings. The summed E-state index contributed by atoms with van der Waals surface area (Å²) in [5.74, 6) is -1.03. The molecule has 0 saturated carbocycles. The molecule has 15 heavy (non-hydrogen) atoms. The van der Waals surface area contributed by atoms with Gasteiger partial charge in [-0.25, -0.2) is 4.79 Å². The zero-order valence-electron chi connectivity index (χ0n) is 8.06. The maximum Gasteiger partial charge on any atom is 0.354 e. The van der Waals surface area contributed by atoms with Crippen molar-refractivity contribution in [2.75, 3.05) is 0 Å². The number of nitrogens with zero attached hydrogens (tertiary/aromatic N) is 2. The molecule has 0 aliphatic carbocycles. The van der Waals surface area contributed by atoms with Crippen LogP contribution in [-0.2, 0) is 0 Å². The largest absolute Gasteiger partial charge is 0.477 e. The van der Waals surface area contributed by atoms with E-state index in [-0.39, 0.29) is 5.69 Å². The van der Waals surface area contributed by atoms with Gasteiger partial charge in [-0.2, -0.15) is 5.10 Å². The number of aromatic amines is 1. The molecular weight excluding hydrogens is 194 g/mol. The number of rotatable bonds is 2. The molecule has 0 saturated heterocycles. The SMILES string of the molecule is Cc1cccnc1-c1cn[nH]c1C(=O)O. The van der Waals surface area contributed by atoms with Gasteiger partial charge in [-0.1, -0.05) is 6.07 Å². The molecule has 0 aliphatic heterocycles. The van der Waals surface area contributed by atoms with Crippen LogP contribution in [0.5, 0.6) is 0 Å². The smallest absolute Gasteiger partial charge is 0.354 e. The van der Waals surface area contributed by atoms with Gasteiger partial charge < -0.3 is 5.11 Å². The van der Waals surface area contributed by atoms with Crippen molar-refractivity contribution >= 4 is 5.97 Å². The number of aromatic carboxylic acids is 1. The highest BCUT2D eigenvalue weighted by molar-refractivity contribution is 5.93. The molecular formula is C10H9N3O2. The Bertz CT molecular complexity index is 505. The monoisotopic (exact) mass is 203 g/mol. The normalized spacial score (nSPS) is 10.2. The lowest BCUT2D eigenvalue weighted by Gasteiger charge is -2.01. The van der Waals surface area contributed by atoms with Gasteiger partial charge in [-0.3, -0.25) is 10.1 Å². The Morgan fingerprint density at radius 3 is 3.00 bits per heavy atom. The van der Waals surface area contributed by atoms with E-state index in [1.165, 1.54) is 6.20 Å². The summed E-state index contributed by atoms with van der Waals surface area (Å²) >= 11 is 0. The quantitative estimate of drug-likeness (QED) is 0.774. The van der Waals surface area contributed by atoms with Crippen molar-refractivity contribution < 1.29 is 9.90 Å². The van der Waals surface area contributed by atoms with E-state index >= 15 is 0 Å². The molecule has 2 aromatic heterocycles. The molecule has 0 radical (unpaired) electrons. The van der Waals surface area contributed by atoms with E-state index < -0.39 is 5.97 Å². The van der Waals surface area contributed by atoms with Crippen molar-refractivity contribution in [3.05, 3.63) is 35.8 Å². The predicted octanol–water partition coefficient (Wildman–Crippen LogP) is 1.48. The van der Waals surface area contributed by atoms with Gasteiger partial charge in [0.05, 0.1) is 17.5 Å². The molecule has 2 aromatic rings. The maximum atomic E-state index is 10.9. The molecule has 2 N–H and O–H groups in total. The Balaban J connectivity index is 2.59. The minimum Gasteiger partial charge on any atom is -0.477 e. The van der Waals surface area contributed by atoms with Gasteiger partial charge in [0.15, 0.2) is 5.69 Å². The summed E-state index contributed by atoms with van der Waals surface area (Å²) in [6, 6.07) is 3.68. The van der Waals surface area contributed by atoms with Crippen LogP contribution in [0.4, 0.5) is 0 Å². The summed E-state index contributed by atoms with van der Waals surface area (Å²) in [6.45, 7) is 1.88. The Morgan fingerprint density at radius 1 is 1.53 bits per heavy atom. The maximum absolute atomic E-state index is 10.9. The first-order chi connectivity index (χ1) is 7.20. The van der Waals surface area contributed by atoms with E-state index in [4.69, 9.17) is 5.11 Å². The first-order valence-corrected chi connectivity index (χ1v) is 4.39. The standard InChI is InChI=1S/C10H9N3O2/c1-6-3-2-4-11-8(6)7-5-12-13-9(7)10(14)15/h2-5H,1H3,(H,12,13)(H,14,15). The van der Waals surface area contributed by atoms with Crippen molar-refractivity contribution in [1.29, 1.82) is 0 Å². The van der Waals surface area contributed by atoms with Crippen molar-refractivity contribution in [2.24, 2.45) is 0 Å². The van der Waals surface area contributed by atoms with Gasteiger partial charge in [-0.15, -0.1) is 0 Å². The fourth-order valence-corrected chi connectivity index (χ4v) is 1.40. The van der Waals surface area contributed by atoms with Gasteiger partial charge in [0.1, 0.15) is 0 Å². The van der Waals surface area contributed by atoms with Crippen molar-refractivity contribution in [2.45, 2.75) is 6.92 Å². The average molecular weight is 203 g/mol. The predicted molar refractivity (Wildman–Crippen MR) is 53.5 cm³/mol. The van der Waals surface area contributed by atoms with Gasteiger partial charge in [0.2, 0.25) is 0 Å². The fraction of sp³-hybridized carbons (Fsp3) is 0.100. The Labute approximate surface area is 85.8 Å². The van der Waals surface area contributed by atoms with Crippen molar-refractivity contribution in [1.82, 2.24) is 15.2 Å². The second kappa shape index (κ2) is 3.53. The third kappa shape index (κ3) is 1.59. The highest BCUT2D eigenvalue weighted by Gasteiger charge is 2.15. The van der Waals surface area contributed by atoms with E-state index in [2.05, 4.69) is 15.2 Å². The Morgan fingerprint density at radius 2 is 2.33 bits per heavy atom. The van der Waals surface area contributed by atoms with E-state index in [9.17, 15) is 4.79 Å². The number of pyridine rings is 1. The van der Waals surface area contributed by atoms with Crippen LogP contribution in [0.3, 0.4) is 0 Å². The van der Waals surface area contributed by atoms with Gasteiger partial charge in [-0.05, 0) is 18.6 Å². The average Bonchev–Trinajstić information content (AvgIpc) is 2.67. The number of carboxylic acid groups (broad SMARTS) is 1. The van der Waals surface area contributed by atoms with E-state index in [0.717, 1.165) is 5.56 Å². The van der Waals surface area contributed by atoms with Crippen LogP contribution < -0.4 is 0 Å². The zero-order valence-corrected chi connectivity index (χ0v) is 8.06. The van der Waals surface area contributed by atoms with Crippen LogP contribution >= 0.6 is 0 Å². The summed E-state index contributed by atoms with van der Waals surface area (Å²) < 4.78 is 0. The van der Waals surface area contributed by atoms with Crippen LogP contribution in [0, 0.1) is 6.92 Å². The number of hydrogen-bond donors (Lipinski definition) is 2. The molecule has 0 aliphatic rings. The van der Waals surface area contributed by atoms with E-state index in [1.807, 2.05) is 13.0 Å². The molecule has 0 bridgehead atoms. The molecule has 0 amide bonds. The highest BCUT2D eigenvalue weighted by atomic mass is 16.4. The lowest BCUT2D eigenvalue weighted by atomic mass is 10.1. The third-order valence-electron chi connectivity index (χ3n) is 2.12. The topological polar surface area (TPSA) is 78.9 Å². The molecule has 0 aromatic carbocycles. The molecule has 2 heterocycles. The summed E-state index contributed by atoms with van der Waals surface area (Å²) in [6.07, 6.45) is 3.10. The summed E-state index contributed by atoms with van der Waals surface area (Å²) in [5.41, 5.74) is 2.14. The van der Waals surface area contributed by atoms with Crippen LogP contribution in [0.15, 0.2) is 24.5 Å². The van der Waals surface area contributed by atoms with Gasteiger partial charge in [0, 0.05) is 6.20 Å². The van der Waals surface area contributed by atoms with E-state index in [1.54, 1.807) is 12.3 Å². The highest BCUT2D eigenvalue weighted by Crippen LogP contribution is 2.22. The first-order valence-electron chi connectivity index (χ1n) is 4.39. The molecule has 0 spiro atoms. The number of hydrogen-bond acceptors (Lipinski definition) is 3. The number of nitrogens with one attached hydrogen (secondary N) is 1. The van der Waals surface area contributed by atoms with Crippen LogP contribution in [0.25, 0.3) is 11.3 Å². The minimum atomic E-state index is -1.03. The van der Waals surface area contributed by atoms with Gasteiger partial charge in [0.25, 0.3) is 0 Å². The van der Waals surface area contributed by atoms with Crippen molar-refractivity contribution in [3.8, 4) is 11.3 Å².